The zero-order valence-electron chi connectivity index (χ0n) is 14.2. The van der Waals surface area contributed by atoms with Gasteiger partial charge < -0.3 is 15.4 Å². The van der Waals surface area contributed by atoms with Crippen molar-refractivity contribution in [2.24, 2.45) is 0 Å². The predicted molar refractivity (Wildman–Crippen MR) is 92.7 cm³/mol. The SMILES string of the molecule is CC(C)(C)OC(=O)NCC(=O)NCc1ccccc1.CCC.[HH].[HH]. The zero-order valence-corrected chi connectivity index (χ0v) is 14.2. The van der Waals surface area contributed by atoms with Gasteiger partial charge in [-0.2, -0.15) is 0 Å². The molecule has 0 aromatic heterocycles. The standard InChI is InChI=1S/C14H20N2O3.C3H8.2H2/c1-14(2,3)19-13(18)16-10-12(17)15-9-11-7-5-4-6-8-11;1-3-2;;/h4-8H,9-10H2,1-3H3,(H,15,17)(H,16,18);3H2,1-2H3;2*1H. The van der Waals surface area contributed by atoms with E-state index < -0.39 is 11.7 Å². The number of rotatable bonds is 4. The molecule has 0 aliphatic heterocycles. The summed E-state index contributed by atoms with van der Waals surface area (Å²) in [6.45, 7) is 9.89. The first-order chi connectivity index (χ1) is 10.3. The van der Waals surface area contributed by atoms with E-state index in [1.165, 1.54) is 6.42 Å². The Labute approximate surface area is 136 Å². The maximum Gasteiger partial charge on any atom is 0.408 e. The number of nitrogens with one attached hydrogen (secondary N) is 2. The van der Waals surface area contributed by atoms with Gasteiger partial charge in [-0.15, -0.1) is 0 Å². The fourth-order valence-electron chi connectivity index (χ4n) is 1.33. The summed E-state index contributed by atoms with van der Waals surface area (Å²) >= 11 is 0. The Morgan fingerprint density at radius 3 is 2.14 bits per heavy atom. The van der Waals surface area contributed by atoms with Crippen LogP contribution in [0, 0.1) is 0 Å². The molecule has 128 valence electrons. The maximum atomic E-state index is 11.5. The van der Waals surface area contributed by atoms with E-state index in [-0.39, 0.29) is 15.3 Å². The molecule has 22 heavy (non-hydrogen) atoms. The number of hydrogen-bond acceptors (Lipinski definition) is 3. The first kappa shape index (κ1) is 20.0. The van der Waals surface area contributed by atoms with E-state index in [0.717, 1.165) is 5.56 Å². The first-order valence-corrected chi connectivity index (χ1v) is 7.56. The Morgan fingerprint density at radius 1 is 1.09 bits per heavy atom. The van der Waals surface area contributed by atoms with E-state index in [9.17, 15) is 9.59 Å². The quantitative estimate of drug-likeness (QED) is 0.890. The Hall–Kier alpha value is -2.04. The van der Waals surface area contributed by atoms with Gasteiger partial charge in [-0.05, 0) is 26.3 Å². The second-order valence-electron chi connectivity index (χ2n) is 5.82. The highest BCUT2D eigenvalue weighted by Gasteiger charge is 2.16. The summed E-state index contributed by atoms with van der Waals surface area (Å²) in [6, 6.07) is 9.55. The van der Waals surface area contributed by atoms with Crippen molar-refractivity contribution in [1.82, 2.24) is 10.6 Å². The Kier molecular flexibility index (Phi) is 9.67. The van der Waals surface area contributed by atoms with Crippen molar-refractivity contribution >= 4 is 12.0 Å². The molecule has 0 atom stereocenters. The average Bonchev–Trinajstić information content (AvgIpc) is 2.43. The summed E-state index contributed by atoms with van der Waals surface area (Å²) < 4.78 is 5.02. The van der Waals surface area contributed by atoms with Gasteiger partial charge in [0.25, 0.3) is 0 Å². The normalized spacial score (nSPS) is 10.0. The summed E-state index contributed by atoms with van der Waals surface area (Å²) in [5.74, 6) is -0.255. The minimum atomic E-state index is -0.595. The second kappa shape index (κ2) is 10.7. The van der Waals surface area contributed by atoms with Crippen LogP contribution in [0.2, 0.25) is 0 Å². The summed E-state index contributed by atoms with van der Waals surface area (Å²) in [6.07, 6.45) is 0.655. The maximum absolute atomic E-state index is 11.5. The van der Waals surface area contributed by atoms with Crippen LogP contribution in [0.4, 0.5) is 4.79 Å². The lowest BCUT2D eigenvalue weighted by Gasteiger charge is -2.19. The van der Waals surface area contributed by atoms with Crippen LogP contribution < -0.4 is 10.6 Å². The molecule has 1 rings (SSSR count). The molecule has 0 radical (unpaired) electrons. The second-order valence-corrected chi connectivity index (χ2v) is 5.82. The van der Waals surface area contributed by atoms with Crippen LogP contribution in [-0.4, -0.2) is 24.1 Å². The van der Waals surface area contributed by atoms with Crippen molar-refractivity contribution in [3.05, 3.63) is 35.9 Å². The fraction of sp³-hybridized carbons (Fsp3) is 0.529. The summed E-state index contributed by atoms with van der Waals surface area (Å²) in [7, 11) is 0. The number of alkyl carbamates (subject to hydrolysis) is 1. The molecule has 5 heteroatoms. The molecular weight excluding hydrogens is 280 g/mol. The lowest BCUT2D eigenvalue weighted by molar-refractivity contribution is -0.120. The molecule has 0 bridgehead atoms. The summed E-state index contributed by atoms with van der Waals surface area (Å²) in [5, 5.41) is 5.11. The molecular formula is C17H32N2O3. The smallest absolute Gasteiger partial charge is 0.408 e. The lowest BCUT2D eigenvalue weighted by atomic mass is 10.2. The largest absolute Gasteiger partial charge is 0.444 e. The van der Waals surface area contributed by atoms with E-state index >= 15 is 0 Å². The summed E-state index contributed by atoms with van der Waals surface area (Å²) in [4.78, 5) is 22.8. The molecule has 1 aromatic carbocycles. The first-order valence-electron chi connectivity index (χ1n) is 7.56. The molecule has 0 aliphatic carbocycles. The van der Waals surface area contributed by atoms with Gasteiger partial charge in [-0.25, -0.2) is 4.79 Å². The van der Waals surface area contributed by atoms with Gasteiger partial charge in [-0.3, -0.25) is 4.79 Å². The summed E-state index contributed by atoms with van der Waals surface area (Å²) in [5.41, 5.74) is 0.443. The van der Waals surface area contributed by atoms with E-state index in [1.54, 1.807) is 20.8 Å². The highest BCUT2D eigenvalue weighted by Crippen LogP contribution is 2.06. The van der Waals surface area contributed by atoms with Crippen molar-refractivity contribution in [2.75, 3.05) is 6.54 Å². The van der Waals surface area contributed by atoms with Gasteiger partial charge in [0.05, 0.1) is 0 Å². The van der Waals surface area contributed by atoms with E-state index in [1.807, 2.05) is 30.3 Å². The number of ether oxygens (including phenoxy) is 1. The zero-order chi connectivity index (χ0) is 17.0. The minimum absolute atomic E-state index is 0. The van der Waals surface area contributed by atoms with Crippen LogP contribution in [0.15, 0.2) is 30.3 Å². The van der Waals surface area contributed by atoms with Crippen LogP contribution in [0.3, 0.4) is 0 Å². The molecule has 0 fully saturated rings. The van der Waals surface area contributed by atoms with Crippen LogP contribution in [0.5, 0.6) is 0 Å². The number of carbonyl (C=O) groups excluding carboxylic acids is 2. The molecule has 2 amide bonds. The third-order valence-corrected chi connectivity index (χ3v) is 2.12. The van der Waals surface area contributed by atoms with Crippen molar-refractivity contribution in [2.45, 2.75) is 53.2 Å². The molecule has 0 saturated carbocycles. The van der Waals surface area contributed by atoms with E-state index in [0.29, 0.717) is 6.54 Å². The number of benzene rings is 1. The Bertz CT molecular complexity index is 449. The van der Waals surface area contributed by atoms with Crippen molar-refractivity contribution in [3.8, 4) is 0 Å². The van der Waals surface area contributed by atoms with Crippen LogP contribution in [-0.2, 0) is 16.1 Å². The minimum Gasteiger partial charge on any atom is -0.444 e. The van der Waals surface area contributed by atoms with Crippen LogP contribution in [0.1, 0.15) is 49.5 Å². The number of amides is 2. The highest BCUT2D eigenvalue weighted by atomic mass is 16.6. The molecule has 0 spiro atoms. The molecule has 0 unspecified atom stereocenters. The monoisotopic (exact) mass is 312 g/mol. The van der Waals surface area contributed by atoms with Crippen LogP contribution >= 0.6 is 0 Å². The van der Waals surface area contributed by atoms with Gasteiger partial charge in [0, 0.05) is 9.40 Å². The van der Waals surface area contributed by atoms with Gasteiger partial charge in [0.15, 0.2) is 0 Å². The third kappa shape index (κ3) is 11.8. The molecule has 2 N–H and O–H groups in total. The van der Waals surface area contributed by atoms with Gasteiger partial charge in [0.2, 0.25) is 5.91 Å². The highest BCUT2D eigenvalue weighted by molar-refractivity contribution is 5.82. The number of carbonyl (C=O) groups is 2. The van der Waals surface area contributed by atoms with E-state index in [2.05, 4.69) is 24.5 Å². The van der Waals surface area contributed by atoms with E-state index in [4.69, 9.17) is 4.74 Å². The Morgan fingerprint density at radius 2 is 1.64 bits per heavy atom. The Balaban J connectivity index is -0.000000818. The predicted octanol–water partition coefficient (Wildman–Crippen LogP) is 3.74. The van der Waals surface area contributed by atoms with Gasteiger partial charge in [0.1, 0.15) is 12.1 Å². The molecule has 5 nitrogen and oxygen atoms in total. The van der Waals surface area contributed by atoms with Crippen molar-refractivity contribution < 1.29 is 17.2 Å². The molecule has 0 saturated heterocycles. The number of hydrogen-bond donors (Lipinski definition) is 2. The average molecular weight is 312 g/mol. The van der Waals surface area contributed by atoms with Gasteiger partial charge in [-0.1, -0.05) is 50.6 Å². The molecule has 1 aromatic rings. The van der Waals surface area contributed by atoms with Gasteiger partial charge >= 0.3 is 6.09 Å². The molecule has 0 heterocycles. The van der Waals surface area contributed by atoms with Crippen LogP contribution in [0.25, 0.3) is 0 Å². The van der Waals surface area contributed by atoms with Crippen molar-refractivity contribution in [3.63, 3.8) is 0 Å². The lowest BCUT2D eigenvalue weighted by Crippen LogP contribution is -2.39. The third-order valence-electron chi connectivity index (χ3n) is 2.12. The van der Waals surface area contributed by atoms with Crippen molar-refractivity contribution in [1.29, 1.82) is 0 Å². The fourth-order valence-corrected chi connectivity index (χ4v) is 1.33. The topological polar surface area (TPSA) is 67.4 Å². The molecule has 0 aliphatic rings.